The van der Waals surface area contributed by atoms with Crippen LogP contribution >= 0.6 is 0 Å². The summed E-state index contributed by atoms with van der Waals surface area (Å²) >= 11 is 0. The fourth-order valence-electron chi connectivity index (χ4n) is 7.29. The monoisotopic (exact) mass is 831 g/mol. The van der Waals surface area contributed by atoms with Crippen molar-refractivity contribution in [3.63, 3.8) is 0 Å². The molecular formula is C44H33N4OPt-. The third-order valence-electron chi connectivity index (χ3n) is 9.46. The van der Waals surface area contributed by atoms with Crippen LogP contribution in [0, 0.1) is 19.1 Å². The van der Waals surface area contributed by atoms with Gasteiger partial charge in [0, 0.05) is 43.9 Å². The fraction of sp³-hybridized carbons (Fsp3) is 0.0682. The second-order valence-electron chi connectivity index (χ2n) is 12.3. The van der Waals surface area contributed by atoms with Gasteiger partial charge in [-0.25, -0.2) is 4.98 Å². The van der Waals surface area contributed by atoms with Crippen LogP contribution in [0.15, 0.2) is 158 Å². The van der Waals surface area contributed by atoms with E-state index in [0.717, 1.165) is 60.5 Å². The maximum absolute atomic E-state index is 8.21. The molecular weight excluding hydrogens is 796 g/mol. The number of fused-ring (bicyclic) bond motifs is 4. The largest absolute Gasteiger partial charge is 0.319 e. The molecule has 246 valence electrons. The maximum atomic E-state index is 8.21. The third kappa shape index (κ3) is 4.96. The molecule has 8 aromatic rings. The Morgan fingerprint density at radius 2 is 1.34 bits per heavy atom. The van der Waals surface area contributed by atoms with Gasteiger partial charge < -0.3 is 4.57 Å². The van der Waals surface area contributed by atoms with Crippen LogP contribution in [-0.2, 0) is 26.5 Å². The number of hydroxylamine groups is 1. The van der Waals surface area contributed by atoms with Crippen molar-refractivity contribution >= 4 is 38.9 Å². The summed E-state index contributed by atoms with van der Waals surface area (Å²) in [6.45, 7) is -0.384. The van der Waals surface area contributed by atoms with Crippen molar-refractivity contribution in [3.8, 4) is 5.82 Å². The first-order valence-corrected chi connectivity index (χ1v) is 16.3. The molecule has 6 aromatic carbocycles. The minimum absolute atomic E-state index is 0. The molecule has 1 aliphatic heterocycles. The number of nitrogens with zero attached hydrogens (tertiary/aromatic N) is 4. The summed E-state index contributed by atoms with van der Waals surface area (Å²) in [5.41, 5.74) is 7.83. The van der Waals surface area contributed by atoms with Crippen molar-refractivity contribution in [2.45, 2.75) is 12.3 Å². The van der Waals surface area contributed by atoms with E-state index in [2.05, 4.69) is 126 Å². The van der Waals surface area contributed by atoms with E-state index in [1.54, 1.807) is 11.1 Å². The maximum Gasteiger partial charge on any atom is 0.145 e. The van der Waals surface area contributed by atoms with E-state index in [9.17, 15) is 0 Å². The van der Waals surface area contributed by atoms with E-state index in [4.69, 9.17) is 9.10 Å². The smallest absolute Gasteiger partial charge is 0.145 e. The average Bonchev–Trinajstić information content (AvgIpc) is 3.73. The topological polar surface area (TPSA) is 37.1 Å². The van der Waals surface area contributed by atoms with Gasteiger partial charge in [-0.15, -0.1) is 38.8 Å². The second-order valence-corrected chi connectivity index (χ2v) is 12.3. The normalized spacial score (nSPS) is 13.8. The summed E-state index contributed by atoms with van der Waals surface area (Å²) in [6, 6.07) is 58.8. The van der Waals surface area contributed by atoms with Crippen molar-refractivity contribution in [3.05, 3.63) is 198 Å². The SMILES string of the molecule is [2H]C([2H])([2H])N1[OH+]N(c2[c-]c(C(c3[c-]c4c(cc3)c3ccccc3n4-c3cc(C)ccn3)(c3ccccc3)c3ccccc3)ccc2)c2ccccc21.[Pt]. The number of aryl methyl sites for hydroxylation is 1. The standard InChI is InChI=1S/C44H32N4O.Pt/c1-31-26-27-45-43(28-31)47-39-21-10-9-20-37(39)38-25-24-35(30-42(38)47)44(32-14-5-3-6-15-32,33-16-7-4-8-17-33)34-18-13-19-36(29-34)48-41-23-12-11-22-40(41)46(2)49-48;/h3-28H,1-2H3;/q-2;/p+1/i2D3;. The van der Waals surface area contributed by atoms with E-state index in [1.807, 2.05) is 54.7 Å². The molecule has 0 radical (unpaired) electrons. The predicted octanol–water partition coefficient (Wildman–Crippen LogP) is 9.90. The van der Waals surface area contributed by atoms with Gasteiger partial charge >= 0.3 is 0 Å². The minimum atomic E-state index is -2.46. The van der Waals surface area contributed by atoms with Gasteiger partial charge in [-0.05, 0) is 59.3 Å². The van der Waals surface area contributed by atoms with Crippen LogP contribution < -0.4 is 10.1 Å². The number of benzene rings is 6. The Bertz CT molecular complexity index is 2550. The molecule has 0 fully saturated rings. The molecule has 1 N–H and O–H groups in total. The number of hydrogen-bond acceptors (Lipinski definition) is 3. The molecule has 0 spiro atoms. The molecule has 0 atom stereocenters. The minimum Gasteiger partial charge on any atom is -0.319 e. The van der Waals surface area contributed by atoms with Gasteiger partial charge in [0.15, 0.2) is 0 Å². The molecule has 0 aliphatic carbocycles. The molecule has 9 rings (SSSR count). The fourth-order valence-corrected chi connectivity index (χ4v) is 7.29. The van der Waals surface area contributed by atoms with Gasteiger partial charge in [0.2, 0.25) is 0 Å². The number of rotatable bonds is 6. The molecule has 0 saturated carbocycles. The molecule has 3 heterocycles. The number of aromatic nitrogens is 2. The van der Waals surface area contributed by atoms with Crippen LogP contribution in [0.2, 0.25) is 0 Å². The van der Waals surface area contributed by atoms with Crippen molar-refractivity contribution in [1.29, 1.82) is 0 Å². The number of hydrogen-bond donors (Lipinski definition) is 0. The Balaban J connectivity index is 0.00000400. The Labute approximate surface area is 310 Å². The zero-order valence-electron chi connectivity index (χ0n) is 30.1. The zero-order valence-corrected chi connectivity index (χ0v) is 29.3. The Morgan fingerprint density at radius 1 is 0.660 bits per heavy atom. The van der Waals surface area contributed by atoms with Gasteiger partial charge in [-0.1, -0.05) is 96.5 Å². The van der Waals surface area contributed by atoms with E-state index in [-0.39, 0.29) is 21.1 Å². The van der Waals surface area contributed by atoms with Crippen molar-refractivity contribution in [2.75, 3.05) is 17.1 Å². The molecule has 1 aliphatic rings. The van der Waals surface area contributed by atoms with Crippen LogP contribution in [0.4, 0.5) is 17.1 Å². The van der Waals surface area contributed by atoms with Crippen LogP contribution in [0.1, 0.15) is 31.9 Å². The summed E-state index contributed by atoms with van der Waals surface area (Å²) in [5.74, 6) is 0.825. The first kappa shape index (κ1) is 28.4. The van der Waals surface area contributed by atoms with E-state index >= 15 is 0 Å². The van der Waals surface area contributed by atoms with Crippen molar-refractivity contribution in [1.82, 2.24) is 9.55 Å². The van der Waals surface area contributed by atoms with Gasteiger partial charge in [-0.3, -0.25) is 0 Å². The summed E-state index contributed by atoms with van der Waals surface area (Å²) in [7, 11) is 0. The first-order valence-electron chi connectivity index (χ1n) is 17.8. The average molecular weight is 832 g/mol. The Morgan fingerprint density at radius 3 is 2.08 bits per heavy atom. The van der Waals surface area contributed by atoms with Crippen LogP contribution in [-0.4, -0.2) is 21.5 Å². The number of anilines is 3. The summed E-state index contributed by atoms with van der Waals surface area (Å²) in [4.78, 5) is 9.43. The Hall–Kier alpha value is -5.48. The van der Waals surface area contributed by atoms with Gasteiger partial charge in [0.05, 0.1) is 11.1 Å². The third-order valence-corrected chi connectivity index (χ3v) is 9.46. The molecule has 2 aromatic heterocycles. The summed E-state index contributed by atoms with van der Waals surface area (Å²) < 4.78 is 26.8. The van der Waals surface area contributed by atoms with E-state index in [0.29, 0.717) is 17.1 Å². The molecule has 6 heteroatoms. The molecule has 0 bridgehead atoms. The number of pyridine rings is 1. The van der Waals surface area contributed by atoms with Gasteiger partial charge in [0.25, 0.3) is 0 Å². The van der Waals surface area contributed by atoms with Crippen molar-refractivity contribution < 1.29 is 30.1 Å². The second kappa shape index (κ2) is 12.8. The predicted molar refractivity (Wildman–Crippen MR) is 198 cm³/mol. The Kier molecular flexibility index (Phi) is 7.24. The van der Waals surface area contributed by atoms with Gasteiger partial charge in [-0.2, -0.15) is 35.3 Å². The first-order chi connectivity index (χ1) is 25.3. The molecule has 0 unspecified atom stereocenters. The molecule has 50 heavy (non-hydrogen) atoms. The quantitative estimate of drug-likeness (QED) is 0.0952. The van der Waals surface area contributed by atoms with Gasteiger partial charge in [0.1, 0.15) is 17.2 Å². The molecule has 5 nitrogen and oxygen atoms in total. The van der Waals surface area contributed by atoms with E-state index in [1.165, 1.54) is 0 Å². The van der Waals surface area contributed by atoms with Crippen LogP contribution in [0.3, 0.4) is 0 Å². The summed E-state index contributed by atoms with van der Waals surface area (Å²) in [6.07, 6.45) is 1.85. The van der Waals surface area contributed by atoms with Crippen LogP contribution in [0.5, 0.6) is 0 Å². The summed E-state index contributed by atoms with van der Waals surface area (Å²) in [5, 5.41) is 4.97. The van der Waals surface area contributed by atoms with Crippen LogP contribution in [0.25, 0.3) is 27.6 Å². The molecule has 0 saturated heterocycles. The van der Waals surface area contributed by atoms with Crippen molar-refractivity contribution in [2.24, 2.45) is 0 Å². The van der Waals surface area contributed by atoms with E-state index < -0.39 is 12.4 Å². The molecule has 0 amide bonds. The number of para-hydroxylation sites is 3. The zero-order chi connectivity index (χ0) is 35.5.